The van der Waals surface area contributed by atoms with Crippen LogP contribution in [0.3, 0.4) is 0 Å². The Morgan fingerprint density at radius 2 is 1.67 bits per heavy atom. The fourth-order valence-corrected chi connectivity index (χ4v) is 5.72. The highest BCUT2D eigenvalue weighted by Crippen LogP contribution is 2.60. The summed E-state index contributed by atoms with van der Waals surface area (Å²) in [4.78, 5) is 26.9. The lowest BCUT2D eigenvalue weighted by atomic mass is 9.49. The standard InChI is InChI=1S/C20H32N2O2/c1-4-22(13-14(2)3)18(23)5-6-21-19(24)20-10-15-7-16(11-20)9-17(8-15)12-20/h15-17H,2,4-13H2,1,3H3,(H,21,24). The monoisotopic (exact) mass is 332 g/mol. The van der Waals surface area contributed by atoms with Crippen LogP contribution >= 0.6 is 0 Å². The van der Waals surface area contributed by atoms with Gasteiger partial charge in [0.15, 0.2) is 0 Å². The lowest BCUT2D eigenvalue weighted by Gasteiger charge is -2.55. The molecule has 0 aromatic carbocycles. The Morgan fingerprint density at radius 1 is 1.12 bits per heavy atom. The molecule has 4 bridgehead atoms. The van der Waals surface area contributed by atoms with E-state index in [1.807, 2.05) is 13.8 Å². The molecule has 0 saturated heterocycles. The van der Waals surface area contributed by atoms with E-state index in [1.165, 1.54) is 19.3 Å². The summed E-state index contributed by atoms with van der Waals surface area (Å²) in [5.41, 5.74) is 0.878. The Bertz CT molecular complexity index is 490. The molecule has 4 fully saturated rings. The first-order chi connectivity index (χ1) is 11.4. The lowest BCUT2D eigenvalue weighted by Crippen LogP contribution is -2.53. The third-order valence-electron chi connectivity index (χ3n) is 6.34. The number of likely N-dealkylation sites (N-methyl/N-ethyl adjacent to an activating group) is 1. The zero-order valence-electron chi connectivity index (χ0n) is 15.3. The smallest absolute Gasteiger partial charge is 0.226 e. The largest absolute Gasteiger partial charge is 0.355 e. The maximum absolute atomic E-state index is 12.8. The third-order valence-corrected chi connectivity index (χ3v) is 6.34. The van der Waals surface area contributed by atoms with E-state index < -0.39 is 0 Å². The fraction of sp³-hybridized carbons (Fsp3) is 0.800. The van der Waals surface area contributed by atoms with E-state index in [-0.39, 0.29) is 17.2 Å². The van der Waals surface area contributed by atoms with Crippen LogP contribution in [0.25, 0.3) is 0 Å². The summed E-state index contributed by atoms with van der Waals surface area (Å²) < 4.78 is 0. The molecule has 0 aliphatic heterocycles. The molecular formula is C20H32N2O2. The Hall–Kier alpha value is -1.32. The van der Waals surface area contributed by atoms with Gasteiger partial charge in [-0.25, -0.2) is 0 Å². The average molecular weight is 332 g/mol. The van der Waals surface area contributed by atoms with E-state index in [4.69, 9.17) is 0 Å². The zero-order chi connectivity index (χ0) is 17.3. The van der Waals surface area contributed by atoms with Crippen molar-refractivity contribution in [3.63, 3.8) is 0 Å². The van der Waals surface area contributed by atoms with Crippen LogP contribution in [0.5, 0.6) is 0 Å². The van der Waals surface area contributed by atoms with Crippen LogP contribution in [-0.4, -0.2) is 36.3 Å². The fourth-order valence-electron chi connectivity index (χ4n) is 5.72. The first-order valence-electron chi connectivity index (χ1n) is 9.62. The van der Waals surface area contributed by atoms with Gasteiger partial charge in [0.05, 0.1) is 0 Å². The Balaban J connectivity index is 1.49. The van der Waals surface area contributed by atoms with E-state index in [0.29, 0.717) is 26.1 Å². The number of hydrogen-bond acceptors (Lipinski definition) is 2. The van der Waals surface area contributed by atoms with E-state index in [9.17, 15) is 9.59 Å². The van der Waals surface area contributed by atoms with Gasteiger partial charge in [0.25, 0.3) is 0 Å². The summed E-state index contributed by atoms with van der Waals surface area (Å²) in [5, 5.41) is 3.09. The zero-order valence-corrected chi connectivity index (χ0v) is 15.3. The average Bonchev–Trinajstić information content (AvgIpc) is 2.50. The molecule has 24 heavy (non-hydrogen) atoms. The molecule has 0 unspecified atom stereocenters. The van der Waals surface area contributed by atoms with Crippen molar-refractivity contribution < 1.29 is 9.59 Å². The number of carbonyl (C=O) groups is 2. The van der Waals surface area contributed by atoms with E-state index in [2.05, 4.69) is 11.9 Å². The predicted molar refractivity (Wildman–Crippen MR) is 95.3 cm³/mol. The molecule has 0 atom stereocenters. The lowest BCUT2D eigenvalue weighted by molar-refractivity contribution is -0.146. The molecule has 4 aliphatic carbocycles. The molecule has 0 aromatic rings. The number of nitrogens with zero attached hydrogens (tertiary/aromatic N) is 1. The SMILES string of the molecule is C=C(C)CN(CC)C(=O)CCNC(=O)C12CC3CC(CC(C3)C1)C2. The van der Waals surface area contributed by atoms with Crippen molar-refractivity contribution >= 4 is 11.8 Å². The summed E-state index contributed by atoms with van der Waals surface area (Å²) >= 11 is 0. The first kappa shape index (κ1) is 17.5. The van der Waals surface area contributed by atoms with Gasteiger partial charge in [-0.05, 0) is 70.1 Å². The topological polar surface area (TPSA) is 49.4 Å². The maximum atomic E-state index is 12.8. The Morgan fingerprint density at radius 3 is 2.12 bits per heavy atom. The normalized spacial score (nSPS) is 33.3. The number of rotatable bonds is 7. The molecule has 4 nitrogen and oxygen atoms in total. The van der Waals surface area contributed by atoms with Gasteiger partial charge in [0, 0.05) is 31.5 Å². The minimum Gasteiger partial charge on any atom is -0.355 e. The van der Waals surface area contributed by atoms with Crippen LogP contribution in [0.15, 0.2) is 12.2 Å². The van der Waals surface area contributed by atoms with Crippen LogP contribution in [0.2, 0.25) is 0 Å². The highest BCUT2D eigenvalue weighted by molar-refractivity contribution is 5.84. The highest BCUT2D eigenvalue weighted by Gasteiger charge is 2.54. The second kappa shape index (κ2) is 6.89. The minimum absolute atomic E-state index is 0.103. The number of hydrogen-bond donors (Lipinski definition) is 1. The van der Waals surface area contributed by atoms with Crippen molar-refractivity contribution in [3.05, 3.63) is 12.2 Å². The van der Waals surface area contributed by atoms with Crippen LogP contribution in [-0.2, 0) is 9.59 Å². The van der Waals surface area contributed by atoms with Crippen LogP contribution in [0.1, 0.15) is 58.8 Å². The van der Waals surface area contributed by atoms with Crippen molar-refractivity contribution in [2.45, 2.75) is 58.8 Å². The third kappa shape index (κ3) is 3.52. The molecule has 1 N–H and O–H groups in total. The molecule has 4 saturated carbocycles. The molecule has 0 spiro atoms. The summed E-state index contributed by atoms with van der Waals surface area (Å²) in [5.74, 6) is 2.64. The van der Waals surface area contributed by atoms with Crippen LogP contribution in [0.4, 0.5) is 0 Å². The first-order valence-corrected chi connectivity index (χ1v) is 9.62. The van der Waals surface area contributed by atoms with Crippen molar-refractivity contribution in [2.24, 2.45) is 23.2 Å². The molecule has 0 heterocycles. The maximum Gasteiger partial charge on any atom is 0.226 e. The predicted octanol–water partition coefficient (Wildman–Crippen LogP) is 3.13. The number of carbonyl (C=O) groups excluding carboxylic acids is 2. The van der Waals surface area contributed by atoms with Gasteiger partial charge in [-0.3, -0.25) is 9.59 Å². The number of nitrogens with one attached hydrogen (secondary N) is 1. The van der Waals surface area contributed by atoms with Gasteiger partial charge in [0.1, 0.15) is 0 Å². The van der Waals surface area contributed by atoms with Gasteiger partial charge in [0.2, 0.25) is 11.8 Å². The van der Waals surface area contributed by atoms with Gasteiger partial charge < -0.3 is 10.2 Å². The van der Waals surface area contributed by atoms with Crippen molar-refractivity contribution in [2.75, 3.05) is 19.6 Å². The summed E-state index contributed by atoms with van der Waals surface area (Å²) in [7, 11) is 0. The minimum atomic E-state index is -0.111. The molecule has 0 radical (unpaired) electrons. The van der Waals surface area contributed by atoms with Crippen molar-refractivity contribution in [1.29, 1.82) is 0 Å². The van der Waals surface area contributed by atoms with E-state index in [1.54, 1.807) is 4.90 Å². The molecule has 4 heteroatoms. The van der Waals surface area contributed by atoms with Gasteiger partial charge >= 0.3 is 0 Å². The quantitative estimate of drug-likeness (QED) is 0.728. The second-order valence-electron chi connectivity index (χ2n) is 8.57. The molecule has 134 valence electrons. The van der Waals surface area contributed by atoms with E-state index >= 15 is 0 Å². The molecule has 2 amide bonds. The van der Waals surface area contributed by atoms with E-state index in [0.717, 1.165) is 42.6 Å². The highest BCUT2D eigenvalue weighted by atomic mass is 16.2. The van der Waals surface area contributed by atoms with Crippen LogP contribution < -0.4 is 5.32 Å². The van der Waals surface area contributed by atoms with Gasteiger partial charge in [-0.2, -0.15) is 0 Å². The van der Waals surface area contributed by atoms with Gasteiger partial charge in [-0.1, -0.05) is 12.2 Å². The second-order valence-corrected chi connectivity index (χ2v) is 8.57. The number of amides is 2. The Labute approximate surface area is 146 Å². The van der Waals surface area contributed by atoms with Crippen molar-refractivity contribution in [3.8, 4) is 0 Å². The molecule has 0 aromatic heterocycles. The molecule has 4 rings (SSSR count). The van der Waals surface area contributed by atoms with Crippen molar-refractivity contribution in [1.82, 2.24) is 10.2 Å². The molecule has 4 aliphatic rings. The summed E-state index contributed by atoms with van der Waals surface area (Å²) in [6, 6.07) is 0. The van der Waals surface area contributed by atoms with Crippen LogP contribution in [0, 0.1) is 23.2 Å². The molecular weight excluding hydrogens is 300 g/mol. The Kier molecular flexibility index (Phi) is 5.03. The van der Waals surface area contributed by atoms with Gasteiger partial charge in [-0.15, -0.1) is 0 Å². The summed E-state index contributed by atoms with van der Waals surface area (Å²) in [6.45, 7) is 9.56. The summed E-state index contributed by atoms with van der Waals surface area (Å²) in [6.07, 6.45) is 7.66.